The summed E-state index contributed by atoms with van der Waals surface area (Å²) >= 11 is 0. The van der Waals surface area contributed by atoms with Gasteiger partial charge >= 0.3 is 0 Å². The van der Waals surface area contributed by atoms with Gasteiger partial charge in [-0.3, -0.25) is 0 Å². The summed E-state index contributed by atoms with van der Waals surface area (Å²) in [6.07, 6.45) is 2.17. The number of fused-ring (bicyclic) bond motifs is 1. The average Bonchev–Trinajstić information content (AvgIpc) is 2.67. The highest BCUT2D eigenvalue weighted by atomic mass is 15.3. The Kier molecular flexibility index (Phi) is 4.24. The normalized spacial score (nSPS) is 13.0. The van der Waals surface area contributed by atoms with Crippen LogP contribution < -0.4 is 10.2 Å². The smallest absolute Gasteiger partial charge is 0.232 e. The van der Waals surface area contributed by atoms with Crippen LogP contribution in [0, 0.1) is 18.3 Å². The van der Waals surface area contributed by atoms with E-state index in [-0.39, 0.29) is 0 Å². The van der Waals surface area contributed by atoms with Crippen molar-refractivity contribution in [3.63, 3.8) is 0 Å². The lowest BCUT2D eigenvalue weighted by Crippen LogP contribution is -2.26. The van der Waals surface area contributed by atoms with Crippen molar-refractivity contribution in [2.24, 2.45) is 0 Å². The summed E-state index contributed by atoms with van der Waals surface area (Å²) in [5.74, 6) is 1.43. The fourth-order valence-electron chi connectivity index (χ4n) is 3.29. The van der Waals surface area contributed by atoms with Crippen LogP contribution in [-0.4, -0.2) is 16.5 Å². The van der Waals surface area contributed by atoms with Crippen molar-refractivity contribution in [1.82, 2.24) is 9.97 Å². The second-order valence-corrected chi connectivity index (χ2v) is 6.40. The lowest BCUT2D eigenvalue weighted by molar-refractivity contribution is 0.749. The maximum Gasteiger partial charge on any atom is 0.232 e. The molecule has 2 aromatic carbocycles. The number of anilines is 4. The number of hydrogen-bond acceptors (Lipinski definition) is 5. The number of nitrogens with zero attached hydrogens (tertiary/aromatic N) is 4. The third-order valence-electron chi connectivity index (χ3n) is 4.46. The van der Waals surface area contributed by atoms with Crippen LogP contribution in [0.3, 0.4) is 0 Å². The predicted octanol–water partition coefficient (Wildman–Crippen LogP) is 4.48. The van der Waals surface area contributed by atoms with Crippen LogP contribution in [0.15, 0.2) is 54.6 Å². The summed E-state index contributed by atoms with van der Waals surface area (Å²) in [6.45, 7) is 2.88. The van der Waals surface area contributed by atoms with Gasteiger partial charge in [-0.15, -0.1) is 0 Å². The molecule has 0 unspecified atom stereocenters. The molecular weight excluding hydrogens is 322 g/mol. The van der Waals surface area contributed by atoms with E-state index in [4.69, 9.17) is 10.2 Å². The van der Waals surface area contributed by atoms with Crippen molar-refractivity contribution in [3.8, 4) is 6.07 Å². The van der Waals surface area contributed by atoms with Crippen molar-refractivity contribution in [1.29, 1.82) is 5.26 Å². The summed E-state index contributed by atoms with van der Waals surface area (Å²) in [6, 6.07) is 19.9. The first-order chi connectivity index (χ1) is 12.7. The minimum atomic E-state index is 0.617. The lowest BCUT2D eigenvalue weighted by Gasteiger charge is -2.29. The molecule has 5 heteroatoms. The van der Waals surface area contributed by atoms with Crippen LogP contribution in [0.4, 0.5) is 23.1 Å². The number of aromatic nitrogens is 2. The Balaban J connectivity index is 1.68. The molecule has 2 heterocycles. The van der Waals surface area contributed by atoms with E-state index in [2.05, 4.69) is 45.5 Å². The van der Waals surface area contributed by atoms with Gasteiger partial charge in [0.2, 0.25) is 5.95 Å². The number of nitrogens with one attached hydrogen (secondary N) is 1. The van der Waals surface area contributed by atoms with E-state index < -0.39 is 0 Å². The van der Waals surface area contributed by atoms with Crippen LogP contribution in [0.1, 0.15) is 23.2 Å². The number of hydrogen-bond donors (Lipinski definition) is 1. The summed E-state index contributed by atoms with van der Waals surface area (Å²) in [5, 5.41) is 12.4. The van der Waals surface area contributed by atoms with E-state index in [0.29, 0.717) is 11.5 Å². The molecule has 3 aromatic rings. The first-order valence-corrected chi connectivity index (χ1v) is 8.71. The Hall–Kier alpha value is -3.39. The lowest BCUT2D eigenvalue weighted by atomic mass is 10.0. The molecule has 1 aromatic heterocycles. The first kappa shape index (κ1) is 16.1. The fourth-order valence-corrected chi connectivity index (χ4v) is 3.29. The van der Waals surface area contributed by atoms with Gasteiger partial charge in [0.25, 0.3) is 0 Å². The summed E-state index contributed by atoms with van der Waals surface area (Å²) in [4.78, 5) is 11.6. The molecule has 0 saturated carbocycles. The van der Waals surface area contributed by atoms with Gasteiger partial charge < -0.3 is 10.2 Å². The quantitative estimate of drug-likeness (QED) is 0.760. The standard InChI is InChI=1S/C21H19N5/c1-15-12-20(24-18-9-4-6-16(13-18)14-22)25-21(23-15)26-11-5-8-17-7-2-3-10-19(17)26/h2-4,6-7,9-10,12-13H,5,8,11H2,1H3,(H,23,24,25). The van der Waals surface area contributed by atoms with E-state index >= 15 is 0 Å². The van der Waals surface area contributed by atoms with E-state index in [1.165, 1.54) is 11.3 Å². The van der Waals surface area contributed by atoms with Gasteiger partial charge in [-0.05, 0) is 49.6 Å². The topological polar surface area (TPSA) is 64.8 Å². The van der Waals surface area contributed by atoms with E-state index in [1.807, 2.05) is 31.2 Å². The molecule has 1 N–H and O–H groups in total. The molecule has 0 saturated heterocycles. The zero-order valence-corrected chi connectivity index (χ0v) is 14.6. The van der Waals surface area contributed by atoms with Gasteiger partial charge in [-0.1, -0.05) is 24.3 Å². The van der Waals surface area contributed by atoms with Crippen molar-refractivity contribution >= 4 is 23.1 Å². The monoisotopic (exact) mass is 341 g/mol. The fraction of sp³-hybridized carbons (Fsp3) is 0.190. The highest BCUT2D eigenvalue weighted by Gasteiger charge is 2.20. The average molecular weight is 341 g/mol. The highest BCUT2D eigenvalue weighted by molar-refractivity contribution is 5.66. The van der Waals surface area contributed by atoms with Crippen LogP contribution in [0.5, 0.6) is 0 Å². The largest absolute Gasteiger partial charge is 0.340 e. The maximum absolute atomic E-state index is 9.07. The second kappa shape index (κ2) is 6.85. The van der Waals surface area contributed by atoms with Crippen molar-refractivity contribution < 1.29 is 0 Å². The Morgan fingerprint density at radius 3 is 2.85 bits per heavy atom. The predicted molar refractivity (Wildman–Crippen MR) is 103 cm³/mol. The molecule has 0 amide bonds. The van der Waals surface area contributed by atoms with Crippen LogP contribution in [0.25, 0.3) is 0 Å². The maximum atomic E-state index is 9.07. The molecule has 1 aliphatic heterocycles. The summed E-state index contributed by atoms with van der Waals surface area (Å²) in [7, 11) is 0. The molecule has 26 heavy (non-hydrogen) atoms. The minimum absolute atomic E-state index is 0.617. The number of nitriles is 1. The van der Waals surface area contributed by atoms with Crippen molar-refractivity contribution in [2.45, 2.75) is 19.8 Å². The number of benzene rings is 2. The van der Waals surface area contributed by atoms with Crippen LogP contribution in [0.2, 0.25) is 0 Å². The van der Waals surface area contributed by atoms with Gasteiger partial charge in [0.05, 0.1) is 11.6 Å². The molecule has 0 aliphatic carbocycles. The van der Waals surface area contributed by atoms with E-state index in [1.54, 1.807) is 6.07 Å². The van der Waals surface area contributed by atoms with Gasteiger partial charge in [-0.2, -0.15) is 10.2 Å². The summed E-state index contributed by atoms with van der Waals surface area (Å²) in [5.41, 5.74) is 4.87. The molecule has 0 bridgehead atoms. The van der Waals surface area contributed by atoms with Gasteiger partial charge in [-0.25, -0.2) is 4.98 Å². The molecule has 0 fully saturated rings. The van der Waals surface area contributed by atoms with Gasteiger partial charge in [0.1, 0.15) is 5.82 Å². The van der Waals surface area contributed by atoms with E-state index in [9.17, 15) is 0 Å². The molecule has 1 aliphatic rings. The molecule has 128 valence electrons. The molecule has 4 rings (SSSR count). The van der Waals surface area contributed by atoms with Crippen molar-refractivity contribution in [2.75, 3.05) is 16.8 Å². The zero-order valence-electron chi connectivity index (χ0n) is 14.6. The van der Waals surface area contributed by atoms with Crippen molar-refractivity contribution in [3.05, 3.63) is 71.4 Å². The third kappa shape index (κ3) is 3.22. The first-order valence-electron chi connectivity index (χ1n) is 8.71. The number of aryl methyl sites for hydroxylation is 2. The molecule has 5 nitrogen and oxygen atoms in total. The Labute approximate surface area is 153 Å². The number of para-hydroxylation sites is 1. The van der Waals surface area contributed by atoms with E-state index in [0.717, 1.165) is 36.6 Å². The highest BCUT2D eigenvalue weighted by Crippen LogP contribution is 2.32. The Morgan fingerprint density at radius 2 is 1.96 bits per heavy atom. The molecule has 0 radical (unpaired) electrons. The minimum Gasteiger partial charge on any atom is -0.340 e. The second-order valence-electron chi connectivity index (χ2n) is 6.40. The van der Waals surface area contributed by atoms with Crippen LogP contribution >= 0.6 is 0 Å². The number of rotatable bonds is 3. The zero-order chi connectivity index (χ0) is 17.9. The Bertz CT molecular complexity index is 990. The molecular formula is C21H19N5. The molecule has 0 spiro atoms. The Morgan fingerprint density at radius 1 is 1.08 bits per heavy atom. The van der Waals surface area contributed by atoms with Gasteiger partial charge in [0, 0.05) is 29.7 Å². The molecule has 0 atom stereocenters. The third-order valence-corrected chi connectivity index (χ3v) is 4.46. The SMILES string of the molecule is Cc1cc(Nc2cccc(C#N)c2)nc(N2CCCc3ccccc32)n1. The van der Waals surface area contributed by atoms with Gasteiger partial charge in [0.15, 0.2) is 0 Å². The van der Waals surface area contributed by atoms with Crippen LogP contribution in [-0.2, 0) is 6.42 Å². The summed E-state index contributed by atoms with van der Waals surface area (Å²) < 4.78 is 0.